The number of nitrogens with one attached hydrogen (secondary N) is 1. The van der Waals surface area contributed by atoms with Crippen LogP contribution in [0.5, 0.6) is 0 Å². The fourth-order valence-corrected chi connectivity index (χ4v) is 3.23. The average molecular weight is 386 g/mol. The molecule has 0 amide bonds. The second kappa shape index (κ2) is 7.61. The van der Waals surface area contributed by atoms with Crippen LogP contribution in [0, 0.1) is 11.3 Å². The van der Waals surface area contributed by atoms with Crippen molar-refractivity contribution in [1.82, 2.24) is 9.97 Å². The Morgan fingerprint density at radius 1 is 1.35 bits per heavy atom. The van der Waals surface area contributed by atoms with Crippen LogP contribution in [0.4, 0.5) is 0 Å². The number of fused-ring (bicyclic) bond motifs is 1. The average Bonchev–Trinajstić information content (AvgIpc) is 2.99. The van der Waals surface area contributed by atoms with Crippen molar-refractivity contribution < 1.29 is 9.53 Å². The summed E-state index contributed by atoms with van der Waals surface area (Å²) in [6, 6.07) is 8.83. The standard InChI is InChI=1S/C19H13Cl2N3O2/c1-2-26-19(25)18-14(7-12(10-22)11-3-5-23-6-4-11)17-15(21)8-13(20)9-16(17)24-18/h3-9,24H,2H2,1H3. The summed E-state index contributed by atoms with van der Waals surface area (Å²) in [7, 11) is 0. The first-order valence-electron chi connectivity index (χ1n) is 7.75. The molecule has 2 heterocycles. The summed E-state index contributed by atoms with van der Waals surface area (Å²) in [4.78, 5) is 19.3. The molecule has 0 aliphatic rings. The number of benzene rings is 1. The van der Waals surface area contributed by atoms with Crippen LogP contribution >= 0.6 is 23.2 Å². The third kappa shape index (κ3) is 3.43. The van der Waals surface area contributed by atoms with E-state index in [1.807, 2.05) is 0 Å². The topological polar surface area (TPSA) is 78.8 Å². The van der Waals surface area contributed by atoms with Gasteiger partial charge in [-0.05, 0) is 42.8 Å². The van der Waals surface area contributed by atoms with Crippen LogP contribution in [-0.4, -0.2) is 22.5 Å². The molecule has 0 fully saturated rings. The van der Waals surface area contributed by atoms with Crippen molar-refractivity contribution in [3.05, 3.63) is 63.5 Å². The number of allylic oxidation sites excluding steroid dienone is 1. The molecule has 2 aromatic heterocycles. The van der Waals surface area contributed by atoms with Crippen LogP contribution in [0.2, 0.25) is 10.0 Å². The van der Waals surface area contributed by atoms with Crippen molar-refractivity contribution in [3.63, 3.8) is 0 Å². The Labute approximate surface area is 159 Å². The molecule has 5 nitrogen and oxygen atoms in total. The number of esters is 1. The Balaban J connectivity index is 2.29. The van der Waals surface area contributed by atoms with Gasteiger partial charge < -0.3 is 9.72 Å². The van der Waals surface area contributed by atoms with E-state index in [4.69, 9.17) is 27.9 Å². The Bertz CT molecular complexity index is 1050. The van der Waals surface area contributed by atoms with E-state index < -0.39 is 5.97 Å². The van der Waals surface area contributed by atoms with E-state index in [2.05, 4.69) is 16.0 Å². The number of carbonyl (C=O) groups excluding carboxylic acids is 1. The van der Waals surface area contributed by atoms with E-state index in [-0.39, 0.29) is 12.3 Å². The minimum atomic E-state index is -0.533. The summed E-state index contributed by atoms with van der Waals surface area (Å²) in [6.07, 6.45) is 4.80. The fourth-order valence-electron chi connectivity index (χ4n) is 2.64. The van der Waals surface area contributed by atoms with Gasteiger partial charge in [0.25, 0.3) is 0 Å². The smallest absolute Gasteiger partial charge is 0.355 e. The Kier molecular flexibility index (Phi) is 5.27. The molecule has 0 spiro atoms. The number of carbonyl (C=O) groups is 1. The largest absolute Gasteiger partial charge is 0.461 e. The quantitative estimate of drug-likeness (QED) is 0.499. The molecule has 0 unspecified atom stereocenters. The van der Waals surface area contributed by atoms with E-state index in [1.54, 1.807) is 49.7 Å². The lowest BCUT2D eigenvalue weighted by Crippen LogP contribution is -2.06. The fraction of sp³-hybridized carbons (Fsp3) is 0.105. The van der Waals surface area contributed by atoms with Gasteiger partial charge in [0, 0.05) is 33.9 Å². The maximum atomic E-state index is 12.4. The van der Waals surface area contributed by atoms with E-state index in [1.165, 1.54) is 0 Å². The second-order valence-corrected chi connectivity index (χ2v) is 6.19. The number of aromatic nitrogens is 2. The number of hydrogen-bond donors (Lipinski definition) is 1. The Hall–Kier alpha value is -2.81. The van der Waals surface area contributed by atoms with Gasteiger partial charge in [-0.25, -0.2) is 4.79 Å². The summed E-state index contributed by atoms with van der Waals surface area (Å²) in [5.74, 6) is -0.533. The number of pyridine rings is 1. The maximum absolute atomic E-state index is 12.4. The van der Waals surface area contributed by atoms with Gasteiger partial charge in [-0.15, -0.1) is 0 Å². The molecular formula is C19H13Cl2N3O2. The molecular weight excluding hydrogens is 373 g/mol. The van der Waals surface area contributed by atoms with Crippen LogP contribution < -0.4 is 0 Å². The van der Waals surface area contributed by atoms with Crippen molar-refractivity contribution in [1.29, 1.82) is 5.26 Å². The number of rotatable bonds is 4. The highest BCUT2D eigenvalue weighted by Crippen LogP contribution is 2.35. The Morgan fingerprint density at radius 3 is 2.73 bits per heavy atom. The van der Waals surface area contributed by atoms with E-state index in [9.17, 15) is 10.1 Å². The van der Waals surface area contributed by atoms with Crippen LogP contribution in [0.3, 0.4) is 0 Å². The van der Waals surface area contributed by atoms with Gasteiger partial charge >= 0.3 is 5.97 Å². The first kappa shape index (κ1) is 18.0. The summed E-state index contributed by atoms with van der Waals surface area (Å²) >= 11 is 12.4. The molecule has 0 aliphatic heterocycles. The molecule has 3 aromatic rings. The molecule has 1 N–H and O–H groups in total. The first-order chi connectivity index (χ1) is 12.5. The van der Waals surface area contributed by atoms with Gasteiger partial charge in [0.05, 0.1) is 23.3 Å². The minimum Gasteiger partial charge on any atom is -0.461 e. The van der Waals surface area contributed by atoms with Crippen LogP contribution in [-0.2, 0) is 4.74 Å². The molecule has 0 radical (unpaired) electrons. The van der Waals surface area contributed by atoms with Crippen molar-refractivity contribution in [3.8, 4) is 6.07 Å². The van der Waals surface area contributed by atoms with E-state index in [0.29, 0.717) is 37.6 Å². The number of H-pyrrole nitrogens is 1. The maximum Gasteiger partial charge on any atom is 0.355 e. The lowest BCUT2D eigenvalue weighted by atomic mass is 10.0. The van der Waals surface area contributed by atoms with Crippen molar-refractivity contribution >= 4 is 51.7 Å². The Morgan fingerprint density at radius 2 is 2.08 bits per heavy atom. The molecule has 0 bridgehead atoms. The molecule has 0 saturated heterocycles. The van der Waals surface area contributed by atoms with E-state index >= 15 is 0 Å². The van der Waals surface area contributed by atoms with Gasteiger partial charge in [0.15, 0.2) is 0 Å². The molecule has 26 heavy (non-hydrogen) atoms. The third-order valence-electron chi connectivity index (χ3n) is 3.73. The number of nitrogens with zero attached hydrogens (tertiary/aromatic N) is 2. The highest BCUT2D eigenvalue weighted by Gasteiger charge is 2.20. The van der Waals surface area contributed by atoms with E-state index in [0.717, 1.165) is 0 Å². The van der Waals surface area contributed by atoms with Crippen molar-refractivity contribution in [2.75, 3.05) is 6.61 Å². The predicted octanol–water partition coefficient (Wildman–Crippen LogP) is 5.11. The van der Waals surface area contributed by atoms with Gasteiger partial charge in [0.1, 0.15) is 5.69 Å². The highest BCUT2D eigenvalue weighted by atomic mass is 35.5. The minimum absolute atomic E-state index is 0.216. The number of halogens is 2. The molecule has 1 aromatic carbocycles. The van der Waals surface area contributed by atoms with Crippen LogP contribution in [0.1, 0.15) is 28.5 Å². The highest BCUT2D eigenvalue weighted by molar-refractivity contribution is 6.39. The normalized spacial score (nSPS) is 11.4. The van der Waals surface area contributed by atoms with Crippen molar-refractivity contribution in [2.24, 2.45) is 0 Å². The zero-order valence-electron chi connectivity index (χ0n) is 13.7. The number of ether oxygens (including phenoxy) is 1. The SMILES string of the molecule is CCOC(=O)c1[nH]c2cc(Cl)cc(Cl)c2c1C=C(C#N)c1ccncc1. The molecule has 3 rings (SSSR count). The second-order valence-electron chi connectivity index (χ2n) is 5.35. The van der Waals surface area contributed by atoms with Crippen LogP contribution in [0.25, 0.3) is 22.6 Å². The van der Waals surface area contributed by atoms with Gasteiger partial charge in [-0.2, -0.15) is 5.26 Å². The summed E-state index contributed by atoms with van der Waals surface area (Å²) in [5.41, 5.74) is 2.33. The summed E-state index contributed by atoms with van der Waals surface area (Å²) < 4.78 is 5.12. The lowest BCUT2D eigenvalue weighted by Gasteiger charge is -2.03. The van der Waals surface area contributed by atoms with Crippen LogP contribution in [0.15, 0.2) is 36.7 Å². The third-order valence-corrected chi connectivity index (χ3v) is 4.25. The molecule has 130 valence electrons. The molecule has 7 heteroatoms. The number of hydrogen-bond acceptors (Lipinski definition) is 4. The molecule has 0 saturated carbocycles. The predicted molar refractivity (Wildman–Crippen MR) is 102 cm³/mol. The summed E-state index contributed by atoms with van der Waals surface area (Å²) in [5, 5.41) is 11.0. The van der Waals surface area contributed by atoms with Crippen molar-refractivity contribution in [2.45, 2.75) is 6.92 Å². The lowest BCUT2D eigenvalue weighted by molar-refractivity contribution is 0.0520. The summed E-state index contributed by atoms with van der Waals surface area (Å²) in [6.45, 7) is 1.94. The zero-order chi connectivity index (χ0) is 18.7. The molecule has 0 atom stereocenters. The number of nitriles is 1. The van der Waals surface area contributed by atoms with Gasteiger partial charge in [0.2, 0.25) is 0 Å². The monoisotopic (exact) mass is 385 g/mol. The van der Waals surface area contributed by atoms with Gasteiger partial charge in [-0.3, -0.25) is 4.98 Å². The molecule has 0 aliphatic carbocycles. The number of aromatic amines is 1. The zero-order valence-corrected chi connectivity index (χ0v) is 15.2. The first-order valence-corrected chi connectivity index (χ1v) is 8.50. The van der Waals surface area contributed by atoms with Gasteiger partial charge in [-0.1, -0.05) is 23.2 Å².